The summed E-state index contributed by atoms with van der Waals surface area (Å²) < 4.78 is 4.48. The summed E-state index contributed by atoms with van der Waals surface area (Å²) in [6.45, 7) is 0. The molecule has 1 N–H and O–H groups in total. The third kappa shape index (κ3) is 2.01. The van der Waals surface area contributed by atoms with E-state index in [-0.39, 0.29) is 5.97 Å². The lowest BCUT2D eigenvalue weighted by atomic mass is 10.2. The standard InChI is InChI=1S/C10H9N3O2/c1-15-9(14)3-2-7-4-8-10(11-5-7)13-6-12-8/h2-6H,1H3,(H,11,12,13). The Labute approximate surface area is 85.8 Å². The van der Waals surface area contributed by atoms with Crippen LogP contribution in [0.1, 0.15) is 5.56 Å². The van der Waals surface area contributed by atoms with Gasteiger partial charge in [-0.05, 0) is 17.7 Å². The first kappa shape index (κ1) is 9.39. The molecule has 2 rings (SSSR count). The van der Waals surface area contributed by atoms with Crippen molar-refractivity contribution < 1.29 is 9.53 Å². The Hall–Kier alpha value is -2.17. The van der Waals surface area contributed by atoms with Crippen molar-refractivity contribution in [1.82, 2.24) is 15.0 Å². The number of nitrogens with one attached hydrogen (secondary N) is 1. The van der Waals surface area contributed by atoms with Crippen LogP contribution in [0.25, 0.3) is 17.2 Å². The van der Waals surface area contributed by atoms with Gasteiger partial charge in [0.05, 0.1) is 19.0 Å². The summed E-state index contributed by atoms with van der Waals surface area (Å²) in [5.41, 5.74) is 2.31. The van der Waals surface area contributed by atoms with Gasteiger partial charge in [-0.15, -0.1) is 0 Å². The predicted molar refractivity (Wildman–Crippen MR) is 54.9 cm³/mol. The average Bonchev–Trinajstić information content (AvgIpc) is 2.72. The number of fused-ring (bicyclic) bond motifs is 1. The molecule has 76 valence electrons. The van der Waals surface area contributed by atoms with Crippen LogP contribution in [0, 0.1) is 0 Å². The lowest BCUT2D eigenvalue weighted by Gasteiger charge is -1.93. The van der Waals surface area contributed by atoms with E-state index in [9.17, 15) is 4.79 Å². The highest BCUT2D eigenvalue weighted by molar-refractivity contribution is 5.87. The van der Waals surface area contributed by atoms with Crippen LogP contribution in [-0.4, -0.2) is 28.0 Å². The number of ether oxygens (including phenoxy) is 1. The van der Waals surface area contributed by atoms with E-state index in [4.69, 9.17) is 0 Å². The molecule has 0 saturated heterocycles. The third-order valence-corrected chi connectivity index (χ3v) is 1.91. The summed E-state index contributed by atoms with van der Waals surface area (Å²) >= 11 is 0. The molecule has 0 aliphatic heterocycles. The van der Waals surface area contributed by atoms with Crippen LogP contribution < -0.4 is 0 Å². The number of imidazole rings is 1. The van der Waals surface area contributed by atoms with Gasteiger partial charge in [-0.3, -0.25) is 0 Å². The Morgan fingerprint density at radius 2 is 2.40 bits per heavy atom. The quantitative estimate of drug-likeness (QED) is 0.587. The number of aromatic nitrogens is 3. The van der Waals surface area contributed by atoms with E-state index >= 15 is 0 Å². The summed E-state index contributed by atoms with van der Waals surface area (Å²) in [4.78, 5) is 21.9. The van der Waals surface area contributed by atoms with Gasteiger partial charge >= 0.3 is 5.97 Å². The molecule has 0 bridgehead atoms. The number of rotatable bonds is 2. The predicted octanol–water partition coefficient (Wildman–Crippen LogP) is 1.14. The van der Waals surface area contributed by atoms with Crippen LogP contribution >= 0.6 is 0 Å². The zero-order valence-corrected chi connectivity index (χ0v) is 8.10. The normalized spacial score (nSPS) is 11.0. The number of carbonyl (C=O) groups excluding carboxylic acids is 1. The summed E-state index contributed by atoms with van der Waals surface area (Å²) in [6, 6.07) is 1.86. The Balaban J connectivity index is 2.28. The second-order valence-electron chi connectivity index (χ2n) is 2.90. The van der Waals surface area contributed by atoms with E-state index in [0.717, 1.165) is 11.1 Å². The van der Waals surface area contributed by atoms with Crippen LogP contribution in [0.15, 0.2) is 24.7 Å². The Morgan fingerprint density at radius 3 is 3.20 bits per heavy atom. The van der Waals surface area contributed by atoms with E-state index < -0.39 is 0 Å². The molecule has 0 unspecified atom stereocenters. The van der Waals surface area contributed by atoms with Gasteiger partial charge in [0, 0.05) is 12.3 Å². The maximum Gasteiger partial charge on any atom is 0.330 e. The highest BCUT2D eigenvalue weighted by Crippen LogP contribution is 2.09. The number of pyridine rings is 1. The van der Waals surface area contributed by atoms with Gasteiger partial charge in [0.1, 0.15) is 0 Å². The molecule has 2 aromatic heterocycles. The summed E-state index contributed by atoms with van der Waals surface area (Å²) in [5.74, 6) is -0.389. The summed E-state index contributed by atoms with van der Waals surface area (Å²) in [6.07, 6.45) is 6.20. The SMILES string of the molecule is COC(=O)C=Cc1cnc2nc[nH]c2c1. The van der Waals surface area contributed by atoms with Gasteiger partial charge < -0.3 is 9.72 Å². The van der Waals surface area contributed by atoms with Gasteiger partial charge in [0.15, 0.2) is 5.65 Å². The molecule has 2 aromatic rings. The number of methoxy groups -OCH3 is 1. The number of hydrogen-bond donors (Lipinski definition) is 1. The van der Waals surface area contributed by atoms with Crippen molar-refractivity contribution in [3.05, 3.63) is 30.2 Å². The zero-order valence-electron chi connectivity index (χ0n) is 8.10. The largest absolute Gasteiger partial charge is 0.466 e. The molecular weight excluding hydrogens is 194 g/mol. The number of carbonyl (C=O) groups is 1. The zero-order chi connectivity index (χ0) is 10.7. The molecule has 0 fully saturated rings. The van der Waals surface area contributed by atoms with Crippen LogP contribution in [0.4, 0.5) is 0 Å². The first-order valence-electron chi connectivity index (χ1n) is 4.35. The molecule has 5 nitrogen and oxygen atoms in total. The van der Waals surface area contributed by atoms with E-state index in [0.29, 0.717) is 5.65 Å². The highest BCUT2D eigenvalue weighted by atomic mass is 16.5. The molecule has 0 saturated carbocycles. The number of H-pyrrole nitrogens is 1. The summed E-state index contributed by atoms with van der Waals surface area (Å²) in [7, 11) is 1.34. The second kappa shape index (κ2) is 3.91. The molecule has 0 radical (unpaired) electrons. The van der Waals surface area contributed by atoms with Crippen molar-refractivity contribution in [3.63, 3.8) is 0 Å². The molecule has 15 heavy (non-hydrogen) atoms. The van der Waals surface area contributed by atoms with Gasteiger partial charge in [0.2, 0.25) is 0 Å². The fourth-order valence-electron chi connectivity index (χ4n) is 1.17. The van der Waals surface area contributed by atoms with Crippen LogP contribution in [0.3, 0.4) is 0 Å². The highest BCUT2D eigenvalue weighted by Gasteiger charge is 1.97. The monoisotopic (exact) mass is 203 g/mol. The molecule has 0 atom stereocenters. The molecule has 0 aliphatic rings. The Kier molecular flexibility index (Phi) is 2.45. The number of esters is 1. The van der Waals surface area contributed by atoms with Gasteiger partial charge in [-0.2, -0.15) is 0 Å². The van der Waals surface area contributed by atoms with E-state index in [1.54, 1.807) is 18.6 Å². The molecular formula is C10H9N3O2. The van der Waals surface area contributed by atoms with Crippen molar-refractivity contribution in [2.24, 2.45) is 0 Å². The van der Waals surface area contributed by atoms with Crippen LogP contribution in [0.2, 0.25) is 0 Å². The first-order chi connectivity index (χ1) is 7.29. The van der Waals surface area contributed by atoms with Gasteiger partial charge in [-0.25, -0.2) is 14.8 Å². The first-order valence-corrected chi connectivity index (χ1v) is 4.35. The van der Waals surface area contributed by atoms with Crippen molar-refractivity contribution in [2.75, 3.05) is 7.11 Å². The Morgan fingerprint density at radius 1 is 1.53 bits per heavy atom. The number of nitrogens with zero attached hydrogens (tertiary/aromatic N) is 2. The van der Waals surface area contributed by atoms with Gasteiger partial charge in [0.25, 0.3) is 0 Å². The van der Waals surface area contributed by atoms with E-state index in [1.807, 2.05) is 6.07 Å². The van der Waals surface area contributed by atoms with Crippen molar-refractivity contribution in [1.29, 1.82) is 0 Å². The van der Waals surface area contributed by atoms with E-state index in [1.165, 1.54) is 13.2 Å². The van der Waals surface area contributed by atoms with Crippen molar-refractivity contribution in [2.45, 2.75) is 0 Å². The smallest absolute Gasteiger partial charge is 0.330 e. The van der Waals surface area contributed by atoms with Crippen molar-refractivity contribution in [3.8, 4) is 0 Å². The maximum atomic E-state index is 10.8. The third-order valence-electron chi connectivity index (χ3n) is 1.91. The summed E-state index contributed by atoms with van der Waals surface area (Å²) in [5, 5.41) is 0. The van der Waals surface area contributed by atoms with Gasteiger partial charge in [-0.1, -0.05) is 0 Å². The fraction of sp³-hybridized carbons (Fsp3) is 0.100. The molecule has 0 amide bonds. The maximum absolute atomic E-state index is 10.8. The lowest BCUT2D eigenvalue weighted by molar-refractivity contribution is -0.134. The number of aromatic amines is 1. The average molecular weight is 203 g/mol. The van der Waals surface area contributed by atoms with Crippen LogP contribution in [0.5, 0.6) is 0 Å². The minimum Gasteiger partial charge on any atom is -0.466 e. The topological polar surface area (TPSA) is 67.9 Å². The fourth-order valence-corrected chi connectivity index (χ4v) is 1.17. The second-order valence-corrected chi connectivity index (χ2v) is 2.90. The van der Waals surface area contributed by atoms with Crippen LogP contribution in [-0.2, 0) is 9.53 Å². The lowest BCUT2D eigenvalue weighted by Crippen LogP contribution is -1.93. The molecule has 2 heterocycles. The minimum absolute atomic E-state index is 0.389. The van der Waals surface area contributed by atoms with E-state index in [2.05, 4.69) is 19.7 Å². The molecule has 5 heteroatoms. The molecule has 0 aliphatic carbocycles. The Bertz CT molecular complexity index is 516. The minimum atomic E-state index is -0.389. The van der Waals surface area contributed by atoms with Crippen molar-refractivity contribution >= 4 is 23.2 Å². The number of hydrogen-bond acceptors (Lipinski definition) is 4. The molecule has 0 spiro atoms. The molecule has 0 aromatic carbocycles.